The summed E-state index contributed by atoms with van der Waals surface area (Å²) < 4.78 is 13.8. The molecule has 1 rings (SSSR count). The Kier molecular flexibility index (Phi) is 6.18. The Hall–Kier alpha value is -0.870. The molecule has 0 radical (unpaired) electrons. The van der Waals surface area contributed by atoms with E-state index in [0.717, 1.165) is 13.2 Å². The van der Waals surface area contributed by atoms with E-state index >= 15 is 0 Å². The van der Waals surface area contributed by atoms with E-state index in [1.807, 2.05) is 0 Å². The number of ether oxygens (including phenoxy) is 3. The molecule has 4 nitrogen and oxygen atoms in total. The minimum absolute atomic E-state index is 0.347. The molecule has 0 aliphatic carbocycles. The number of epoxide rings is 1. The SMILES string of the molecule is C=C(C)C(=O)OC.COCC1CO1. The molecular weight excluding hydrogens is 172 g/mol. The molecule has 0 aromatic heterocycles. The number of methoxy groups -OCH3 is 2. The number of esters is 1. The molecule has 1 aliphatic heterocycles. The van der Waals surface area contributed by atoms with Gasteiger partial charge in [0, 0.05) is 12.7 Å². The van der Waals surface area contributed by atoms with Crippen LogP contribution in [0.2, 0.25) is 0 Å². The highest BCUT2D eigenvalue weighted by molar-refractivity contribution is 5.86. The summed E-state index contributed by atoms with van der Waals surface area (Å²) in [5.74, 6) is -0.347. The van der Waals surface area contributed by atoms with Crippen LogP contribution in [0.1, 0.15) is 6.92 Å². The number of carbonyl (C=O) groups excluding carboxylic acids is 1. The minimum Gasteiger partial charge on any atom is -0.466 e. The molecule has 0 amide bonds. The van der Waals surface area contributed by atoms with Crippen molar-refractivity contribution in [3.05, 3.63) is 12.2 Å². The molecule has 1 aliphatic rings. The van der Waals surface area contributed by atoms with Gasteiger partial charge in [0.1, 0.15) is 6.10 Å². The summed E-state index contributed by atoms with van der Waals surface area (Å²) in [4.78, 5) is 10.2. The highest BCUT2D eigenvalue weighted by atomic mass is 16.6. The highest BCUT2D eigenvalue weighted by Crippen LogP contribution is 2.06. The third-order valence-electron chi connectivity index (χ3n) is 1.29. The second-order valence-corrected chi connectivity index (χ2v) is 2.68. The molecule has 76 valence electrons. The molecule has 0 saturated carbocycles. The van der Waals surface area contributed by atoms with Crippen LogP contribution >= 0.6 is 0 Å². The molecular formula is C9H16O4. The number of rotatable bonds is 3. The zero-order valence-corrected chi connectivity index (χ0v) is 8.33. The Balaban J connectivity index is 0.000000223. The molecule has 1 atom stereocenters. The summed E-state index contributed by atoms with van der Waals surface area (Å²) in [5.41, 5.74) is 0.433. The monoisotopic (exact) mass is 188 g/mol. The van der Waals surface area contributed by atoms with Gasteiger partial charge >= 0.3 is 5.97 Å². The zero-order chi connectivity index (χ0) is 10.3. The van der Waals surface area contributed by atoms with Gasteiger partial charge in [0.2, 0.25) is 0 Å². The molecule has 4 heteroatoms. The van der Waals surface area contributed by atoms with Crippen molar-refractivity contribution in [2.45, 2.75) is 13.0 Å². The molecule has 0 spiro atoms. The van der Waals surface area contributed by atoms with Crippen molar-refractivity contribution < 1.29 is 19.0 Å². The van der Waals surface area contributed by atoms with Gasteiger partial charge in [-0.05, 0) is 6.92 Å². The van der Waals surface area contributed by atoms with E-state index in [2.05, 4.69) is 11.3 Å². The first kappa shape index (κ1) is 12.1. The number of hydrogen-bond acceptors (Lipinski definition) is 4. The van der Waals surface area contributed by atoms with Crippen LogP contribution in [0, 0.1) is 0 Å². The predicted molar refractivity (Wildman–Crippen MR) is 48.4 cm³/mol. The summed E-state index contributed by atoms with van der Waals surface area (Å²) in [5, 5.41) is 0. The third kappa shape index (κ3) is 7.49. The fourth-order valence-corrected chi connectivity index (χ4v) is 0.524. The lowest BCUT2D eigenvalue weighted by Crippen LogP contribution is -1.98. The smallest absolute Gasteiger partial charge is 0.332 e. The Labute approximate surface area is 78.5 Å². The second-order valence-electron chi connectivity index (χ2n) is 2.68. The largest absolute Gasteiger partial charge is 0.466 e. The number of hydrogen-bond donors (Lipinski definition) is 0. The lowest BCUT2D eigenvalue weighted by Gasteiger charge is -1.91. The van der Waals surface area contributed by atoms with Gasteiger partial charge in [0.05, 0.1) is 20.3 Å². The second kappa shape index (κ2) is 6.62. The summed E-state index contributed by atoms with van der Waals surface area (Å²) in [7, 11) is 3.01. The van der Waals surface area contributed by atoms with Crippen LogP contribution in [0.25, 0.3) is 0 Å². The van der Waals surface area contributed by atoms with E-state index in [4.69, 9.17) is 9.47 Å². The fraction of sp³-hybridized carbons (Fsp3) is 0.667. The van der Waals surface area contributed by atoms with Crippen molar-refractivity contribution >= 4 is 5.97 Å². The van der Waals surface area contributed by atoms with Crippen LogP contribution in [0.3, 0.4) is 0 Å². The molecule has 0 aromatic carbocycles. The zero-order valence-electron chi connectivity index (χ0n) is 8.33. The molecule has 1 unspecified atom stereocenters. The van der Waals surface area contributed by atoms with Crippen molar-refractivity contribution in [2.24, 2.45) is 0 Å². The van der Waals surface area contributed by atoms with Crippen molar-refractivity contribution in [1.29, 1.82) is 0 Å². The Morgan fingerprint density at radius 1 is 1.62 bits per heavy atom. The Morgan fingerprint density at radius 2 is 2.15 bits per heavy atom. The molecule has 1 heterocycles. The van der Waals surface area contributed by atoms with Crippen LogP contribution < -0.4 is 0 Å². The molecule has 1 fully saturated rings. The average Bonchev–Trinajstić information content (AvgIpc) is 2.88. The summed E-state index contributed by atoms with van der Waals surface area (Å²) in [6.07, 6.45) is 0.426. The maximum atomic E-state index is 10.2. The van der Waals surface area contributed by atoms with Crippen molar-refractivity contribution in [1.82, 2.24) is 0 Å². The standard InChI is InChI=1S/C5H8O2.C4H8O2/c1-4(2)5(6)7-3;1-5-2-4-3-6-4/h1H2,2-3H3;4H,2-3H2,1H3. The van der Waals surface area contributed by atoms with Crippen LogP contribution in [0.4, 0.5) is 0 Å². The van der Waals surface area contributed by atoms with E-state index in [1.165, 1.54) is 7.11 Å². The van der Waals surface area contributed by atoms with Gasteiger partial charge in [-0.15, -0.1) is 0 Å². The predicted octanol–water partition coefficient (Wildman–Crippen LogP) is 0.767. The molecule has 1 saturated heterocycles. The maximum absolute atomic E-state index is 10.2. The first-order valence-corrected chi connectivity index (χ1v) is 3.96. The van der Waals surface area contributed by atoms with Gasteiger partial charge in [-0.1, -0.05) is 6.58 Å². The lowest BCUT2D eigenvalue weighted by atomic mass is 10.4. The minimum atomic E-state index is -0.347. The normalized spacial score (nSPS) is 18.2. The molecule has 13 heavy (non-hydrogen) atoms. The van der Waals surface area contributed by atoms with Crippen molar-refractivity contribution in [3.8, 4) is 0 Å². The topological polar surface area (TPSA) is 48.1 Å². The van der Waals surface area contributed by atoms with E-state index in [-0.39, 0.29) is 5.97 Å². The van der Waals surface area contributed by atoms with Crippen LogP contribution in [0.5, 0.6) is 0 Å². The van der Waals surface area contributed by atoms with Crippen molar-refractivity contribution in [2.75, 3.05) is 27.4 Å². The van der Waals surface area contributed by atoms with Gasteiger partial charge in [0.15, 0.2) is 0 Å². The summed E-state index contributed by atoms with van der Waals surface area (Å²) in [6.45, 7) is 6.61. The average molecular weight is 188 g/mol. The number of carbonyl (C=O) groups is 1. The first-order valence-electron chi connectivity index (χ1n) is 3.96. The fourth-order valence-electron chi connectivity index (χ4n) is 0.524. The third-order valence-corrected chi connectivity index (χ3v) is 1.29. The Bertz CT molecular complexity index is 172. The Morgan fingerprint density at radius 3 is 2.23 bits per heavy atom. The van der Waals surface area contributed by atoms with Gasteiger partial charge in [-0.3, -0.25) is 0 Å². The quantitative estimate of drug-likeness (QED) is 0.373. The lowest BCUT2D eigenvalue weighted by molar-refractivity contribution is -0.136. The van der Waals surface area contributed by atoms with E-state index < -0.39 is 0 Å². The summed E-state index contributed by atoms with van der Waals surface area (Å²) in [6, 6.07) is 0. The van der Waals surface area contributed by atoms with E-state index in [1.54, 1.807) is 14.0 Å². The van der Waals surface area contributed by atoms with Gasteiger partial charge in [-0.2, -0.15) is 0 Å². The van der Waals surface area contributed by atoms with E-state index in [0.29, 0.717) is 11.7 Å². The van der Waals surface area contributed by atoms with Crippen LogP contribution in [-0.4, -0.2) is 39.5 Å². The van der Waals surface area contributed by atoms with Crippen LogP contribution in [0.15, 0.2) is 12.2 Å². The molecule has 0 bridgehead atoms. The molecule has 0 aromatic rings. The van der Waals surface area contributed by atoms with Crippen molar-refractivity contribution in [3.63, 3.8) is 0 Å². The van der Waals surface area contributed by atoms with E-state index in [9.17, 15) is 4.79 Å². The van der Waals surface area contributed by atoms with Crippen LogP contribution in [-0.2, 0) is 19.0 Å². The highest BCUT2D eigenvalue weighted by Gasteiger charge is 2.21. The van der Waals surface area contributed by atoms with Gasteiger partial charge in [0.25, 0.3) is 0 Å². The molecule has 0 N–H and O–H groups in total. The maximum Gasteiger partial charge on any atom is 0.332 e. The summed E-state index contributed by atoms with van der Waals surface area (Å²) >= 11 is 0. The van der Waals surface area contributed by atoms with Gasteiger partial charge < -0.3 is 14.2 Å². The van der Waals surface area contributed by atoms with Gasteiger partial charge in [-0.25, -0.2) is 4.79 Å². The first-order chi connectivity index (χ1) is 6.11.